The van der Waals surface area contributed by atoms with Gasteiger partial charge in [0.2, 0.25) is 5.91 Å². The molecule has 0 unspecified atom stereocenters. The van der Waals surface area contributed by atoms with Crippen LogP contribution in [0.3, 0.4) is 0 Å². The van der Waals surface area contributed by atoms with E-state index >= 15 is 0 Å². The first kappa shape index (κ1) is 10.4. The first-order valence-electron chi connectivity index (χ1n) is 4.46. The zero-order chi connectivity index (χ0) is 10.0. The summed E-state index contributed by atoms with van der Waals surface area (Å²) in [6, 6.07) is -0.743. The third-order valence-corrected chi connectivity index (χ3v) is 2.31. The van der Waals surface area contributed by atoms with Gasteiger partial charge in [-0.1, -0.05) is 0 Å². The van der Waals surface area contributed by atoms with Crippen molar-refractivity contribution in [2.45, 2.75) is 31.6 Å². The van der Waals surface area contributed by atoms with Crippen molar-refractivity contribution in [3.63, 3.8) is 0 Å². The first-order valence-corrected chi connectivity index (χ1v) is 4.46. The predicted octanol–water partition coefficient (Wildman–Crippen LogP) is -0.769. The average Bonchev–Trinajstić information content (AvgIpc) is 2.45. The number of rotatable bonds is 2. The van der Waals surface area contributed by atoms with Crippen LogP contribution >= 0.6 is 0 Å². The molecule has 0 saturated carbocycles. The number of halogens is 1. The molecule has 4 N–H and O–H groups in total. The van der Waals surface area contributed by atoms with Gasteiger partial charge in [0, 0.05) is 19.0 Å². The monoisotopic (exact) mass is 189 g/mol. The molecule has 76 valence electrons. The van der Waals surface area contributed by atoms with Crippen molar-refractivity contribution >= 4 is 5.91 Å². The van der Waals surface area contributed by atoms with E-state index in [2.05, 4.69) is 0 Å². The van der Waals surface area contributed by atoms with Gasteiger partial charge >= 0.3 is 0 Å². The smallest absolute Gasteiger partial charge is 0.239 e. The number of nitrogens with zero attached hydrogens (tertiary/aromatic N) is 1. The summed E-state index contributed by atoms with van der Waals surface area (Å²) in [4.78, 5) is 12.9. The Balaban J connectivity index is 2.62. The van der Waals surface area contributed by atoms with Gasteiger partial charge in [-0.15, -0.1) is 0 Å². The number of nitrogens with two attached hydrogens (primary N) is 2. The van der Waals surface area contributed by atoms with Crippen LogP contribution in [0.25, 0.3) is 0 Å². The second-order valence-electron chi connectivity index (χ2n) is 3.50. The van der Waals surface area contributed by atoms with Gasteiger partial charge < -0.3 is 16.4 Å². The van der Waals surface area contributed by atoms with Gasteiger partial charge in [0.1, 0.15) is 6.17 Å². The minimum Gasteiger partial charge on any atom is -0.334 e. The Bertz CT molecular complexity index is 198. The molecule has 1 amide bonds. The van der Waals surface area contributed by atoms with E-state index in [4.69, 9.17) is 11.5 Å². The highest BCUT2D eigenvalue weighted by atomic mass is 19.1. The summed E-state index contributed by atoms with van der Waals surface area (Å²) in [5.74, 6) is -0.212. The van der Waals surface area contributed by atoms with Crippen molar-refractivity contribution in [3.05, 3.63) is 0 Å². The molecule has 3 atom stereocenters. The van der Waals surface area contributed by atoms with Crippen LogP contribution in [-0.4, -0.2) is 42.2 Å². The van der Waals surface area contributed by atoms with Crippen LogP contribution in [0.4, 0.5) is 4.39 Å². The zero-order valence-corrected chi connectivity index (χ0v) is 7.74. The van der Waals surface area contributed by atoms with E-state index in [0.717, 1.165) is 0 Å². The molecule has 5 heteroatoms. The number of alkyl halides is 1. The molecular weight excluding hydrogens is 173 g/mol. The molecule has 1 aliphatic rings. The van der Waals surface area contributed by atoms with Crippen LogP contribution in [0.2, 0.25) is 0 Å². The van der Waals surface area contributed by atoms with Crippen LogP contribution in [-0.2, 0) is 4.79 Å². The topological polar surface area (TPSA) is 72.4 Å². The van der Waals surface area contributed by atoms with Gasteiger partial charge in [0.15, 0.2) is 0 Å². The van der Waals surface area contributed by atoms with Gasteiger partial charge in [-0.2, -0.15) is 0 Å². The van der Waals surface area contributed by atoms with Crippen LogP contribution in [0.15, 0.2) is 0 Å². The highest BCUT2D eigenvalue weighted by molar-refractivity contribution is 5.81. The van der Waals surface area contributed by atoms with Crippen molar-refractivity contribution in [3.8, 4) is 0 Å². The molecule has 0 aromatic rings. The van der Waals surface area contributed by atoms with Crippen molar-refractivity contribution in [2.24, 2.45) is 11.5 Å². The standard InChI is InChI=1S/C8H16FN3O/c1-5(11)8(13)12-4-6(9)2-7(12)3-10/h5-7H,2-4,10-11H2,1H3/t5-,6-,7+/m1/s1. The van der Waals surface area contributed by atoms with Crippen LogP contribution < -0.4 is 11.5 Å². The summed E-state index contributed by atoms with van der Waals surface area (Å²) in [5.41, 5.74) is 10.8. The molecule has 0 spiro atoms. The summed E-state index contributed by atoms with van der Waals surface area (Å²) in [6.07, 6.45) is -0.606. The predicted molar refractivity (Wildman–Crippen MR) is 47.7 cm³/mol. The maximum absolute atomic E-state index is 12.9. The number of amides is 1. The fraction of sp³-hybridized carbons (Fsp3) is 0.875. The highest BCUT2D eigenvalue weighted by Crippen LogP contribution is 2.19. The minimum absolute atomic E-state index is 0.141. The molecule has 0 aromatic carbocycles. The van der Waals surface area contributed by atoms with Gasteiger partial charge in [0.05, 0.1) is 12.6 Å². The lowest BCUT2D eigenvalue weighted by atomic mass is 10.2. The summed E-state index contributed by atoms with van der Waals surface area (Å²) in [6.45, 7) is 2.04. The molecule has 1 rings (SSSR count). The molecular formula is C8H16FN3O. The molecule has 1 fully saturated rings. The molecule has 0 radical (unpaired) electrons. The quantitative estimate of drug-likeness (QED) is 0.599. The lowest BCUT2D eigenvalue weighted by Gasteiger charge is -2.24. The largest absolute Gasteiger partial charge is 0.334 e. The molecule has 0 aliphatic carbocycles. The van der Waals surface area contributed by atoms with E-state index in [-0.39, 0.29) is 18.5 Å². The van der Waals surface area contributed by atoms with E-state index in [1.54, 1.807) is 6.92 Å². The summed E-state index contributed by atoms with van der Waals surface area (Å²) < 4.78 is 12.9. The number of likely N-dealkylation sites (tertiary alicyclic amines) is 1. The lowest BCUT2D eigenvalue weighted by molar-refractivity contribution is -0.133. The van der Waals surface area contributed by atoms with Crippen molar-refractivity contribution < 1.29 is 9.18 Å². The fourth-order valence-corrected chi connectivity index (χ4v) is 1.61. The molecule has 4 nitrogen and oxygen atoms in total. The van der Waals surface area contributed by atoms with E-state index in [9.17, 15) is 9.18 Å². The maximum atomic E-state index is 12.9. The Labute approximate surface area is 77.1 Å². The molecule has 0 aromatic heterocycles. The van der Waals surface area contributed by atoms with Crippen LogP contribution in [0.5, 0.6) is 0 Å². The van der Waals surface area contributed by atoms with Gasteiger partial charge in [-0.05, 0) is 6.92 Å². The van der Waals surface area contributed by atoms with Gasteiger partial charge in [0.25, 0.3) is 0 Å². The lowest BCUT2D eigenvalue weighted by Crippen LogP contribution is -2.47. The number of carbonyl (C=O) groups is 1. The van der Waals surface area contributed by atoms with Crippen LogP contribution in [0, 0.1) is 0 Å². The summed E-state index contributed by atoms with van der Waals surface area (Å²) in [5, 5.41) is 0. The number of hydrogen-bond acceptors (Lipinski definition) is 3. The van der Waals surface area contributed by atoms with E-state index in [0.29, 0.717) is 13.0 Å². The minimum atomic E-state index is -0.948. The third kappa shape index (κ3) is 2.16. The van der Waals surface area contributed by atoms with Gasteiger partial charge in [-0.25, -0.2) is 4.39 Å². The molecule has 13 heavy (non-hydrogen) atoms. The summed E-state index contributed by atoms with van der Waals surface area (Å²) >= 11 is 0. The number of carbonyl (C=O) groups excluding carboxylic acids is 1. The molecule has 1 aliphatic heterocycles. The Morgan fingerprint density at radius 1 is 1.77 bits per heavy atom. The third-order valence-electron chi connectivity index (χ3n) is 2.31. The normalized spacial score (nSPS) is 30.6. The summed E-state index contributed by atoms with van der Waals surface area (Å²) in [7, 11) is 0. The SMILES string of the molecule is C[C@@H](N)C(=O)N1C[C@H](F)C[C@H]1CN. The maximum Gasteiger partial charge on any atom is 0.239 e. The molecule has 1 heterocycles. The van der Waals surface area contributed by atoms with Crippen molar-refractivity contribution in [1.29, 1.82) is 0 Å². The zero-order valence-electron chi connectivity index (χ0n) is 7.74. The Hall–Kier alpha value is -0.680. The van der Waals surface area contributed by atoms with E-state index in [1.165, 1.54) is 4.90 Å². The fourth-order valence-electron chi connectivity index (χ4n) is 1.61. The second kappa shape index (κ2) is 4.02. The Kier molecular flexibility index (Phi) is 3.22. The van der Waals surface area contributed by atoms with Crippen molar-refractivity contribution in [2.75, 3.05) is 13.1 Å². The van der Waals surface area contributed by atoms with Crippen LogP contribution in [0.1, 0.15) is 13.3 Å². The first-order chi connectivity index (χ1) is 6.06. The average molecular weight is 189 g/mol. The van der Waals surface area contributed by atoms with E-state index in [1.807, 2.05) is 0 Å². The highest BCUT2D eigenvalue weighted by Gasteiger charge is 2.35. The Morgan fingerprint density at radius 2 is 2.38 bits per heavy atom. The van der Waals surface area contributed by atoms with Gasteiger partial charge in [-0.3, -0.25) is 4.79 Å². The van der Waals surface area contributed by atoms with E-state index < -0.39 is 12.2 Å². The van der Waals surface area contributed by atoms with Crippen molar-refractivity contribution in [1.82, 2.24) is 4.90 Å². The second-order valence-corrected chi connectivity index (χ2v) is 3.50. The Morgan fingerprint density at radius 3 is 2.85 bits per heavy atom. The number of hydrogen-bond donors (Lipinski definition) is 2. The molecule has 0 bridgehead atoms. The molecule has 1 saturated heterocycles.